The van der Waals surface area contributed by atoms with Crippen molar-refractivity contribution in [2.45, 2.75) is 43.6 Å². The van der Waals surface area contributed by atoms with E-state index in [1.807, 2.05) is 0 Å². The highest BCUT2D eigenvalue weighted by Gasteiger charge is 2.44. The standard InChI is InChI=1S/C18H21N3O5S/c1-11(22)21-13(9-27-16(21)14-4-3-7-25-14)17(24)26-8-15(23)20-18(2,10-19)12-5-6-12/h3-4,7,12-13,16H,5-6,8-9H2,1-2H3,(H,20,23)/t13-,16+,18-/m0/s1. The van der Waals surface area contributed by atoms with Crippen molar-refractivity contribution in [2.75, 3.05) is 12.4 Å². The predicted octanol–water partition coefficient (Wildman–Crippen LogP) is 1.59. The third kappa shape index (κ3) is 4.11. The van der Waals surface area contributed by atoms with Crippen molar-refractivity contribution >= 4 is 29.5 Å². The molecule has 2 heterocycles. The van der Waals surface area contributed by atoms with Crippen LogP contribution < -0.4 is 5.32 Å². The van der Waals surface area contributed by atoms with Gasteiger partial charge in [-0.1, -0.05) is 0 Å². The second-order valence-corrected chi connectivity index (χ2v) is 8.00. The van der Waals surface area contributed by atoms with Gasteiger partial charge in [-0.05, 0) is 37.8 Å². The molecule has 2 aliphatic rings. The molecule has 0 radical (unpaired) electrons. The Morgan fingerprint density at radius 2 is 2.22 bits per heavy atom. The number of carbonyl (C=O) groups excluding carboxylic acids is 3. The number of amides is 2. The lowest BCUT2D eigenvalue weighted by molar-refractivity contribution is -0.156. The fraction of sp³-hybridized carbons (Fsp3) is 0.556. The van der Waals surface area contributed by atoms with Crippen LogP contribution in [-0.4, -0.2) is 46.6 Å². The third-order valence-electron chi connectivity index (χ3n) is 4.79. The minimum Gasteiger partial charge on any atom is -0.466 e. The highest BCUT2D eigenvalue weighted by molar-refractivity contribution is 7.99. The van der Waals surface area contributed by atoms with E-state index in [-0.39, 0.29) is 11.8 Å². The number of furan rings is 1. The summed E-state index contributed by atoms with van der Waals surface area (Å²) in [6.07, 6.45) is 3.30. The molecular formula is C18H21N3O5S. The average Bonchev–Trinajstić information content (AvgIpc) is 3.19. The molecule has 8 nitrogen and oxygen atoms in total. The van der Waals surface area contributed by atoms with E-state index >= 15 is 0 Å². The van der Waals surface area contributed by atoms with Crippen molar-refractivity contribution < 1.29 is 23.5 Å². The van der Waals surface area contributed by atoms with Gasteiger partial charge in [-0.2, -0.15) is 5.26 Å². The Morgan fingerprint density at radius 1 is 1.48 bits per heavy atom. The number of carbonyl (C=O) groups is 3. The summed E-state index contributed by atoms with van der Waals surface area (Å²) in [7, 11) is 0. The van der Waals surface area contributed by atoms with E-state index in [0.29, 0.717) is 11.5 Å². The van der Waals surface area contributed by atoms with Crippen LogP contribution >= 0.6 is 11.8 Å². The van der Waals surface area contributed by atoms with Gasteiger partial charge in [0, 0.05) is 12.7 Å². The van der Waals surface area contributed by atoms with Gasteiger partial charge in [-0.25, -0.2) is 4.79 Å². The zero-order valence-corrected chi connectivity index (χ0v) is 16.0. The highest BCUT2D eigenvalue weighted by atomic mass is 32.2. The summed E-state index contributed by atoms with van der Waals surface area (Å²) in [6, 6.07) is 4.79. The van der Waals surface area contributed by atoms with Gasteiger partial charge in [0.1, 0.15) is 22.7 Å². The first kappa shape index (κ1) is 19.3. The number of hydrogen-bond acceptors (Lipinski definition) is 7. The topological polar surface area (TPSA) is 113 Å². The Bertz CT molecular complexity index is 770. The van der Waals surface area contributed by atoms with Gasteiger partial charge in [0.05, 0.1) is 12.3 Å². The maximum atomic E-state index is 12.5. The fourth-order valence-corrected chi connectivity index (χ4v) is 4.58. The minimum absolute atomic E-state index is 0.135. The Morgan fingerprint density at radius 3 is 2.78 bits per heavy atom. The molecule has 0 spiro atoms. The second-order valence-electron chi connectivity index (χ2n) is 6.89. The molecule has 1 aromatic heterocycles. The Balaban J connectivity index is 1.58. The maximum Gasteiger partial charge on any atom is 0.330 e. The summed E-state index contributed by atoms with van der Waals surface area (Å²) in [5.41, 5.74) is -0.942. The van der Waals surface area contributed by atoms with E-state index in [9.17, 15) is 19.6 Å². The van der Waals surface area contributed by atoms with E-state index in [1.165, 1.54) is 29.8 Å². The predicted molar refractivity (Wildman–Crippen MR) is 96.1 cm³/mol. The molecule has 0 bridgehead atoms. The number of nitriles is 1. The molecule has 2 fully saturated rings. The maximum absolute atomic E-state index is 12.5. The molecule has 2 amide bonds. The molecule has 1 aromatic rings. The third-order valence-corrected chi connectivity index (χ3v) is 6.08. The number of nitrogens with zero attached hydrogens (tertiary/aromatic N) is 2. The molecule has 27 heavy (non-hydrogen) atoms. The van der Waals surface area contributed by atoms with Crippen LogP contribution in [0.5, 0.6) is 0 Å². The van der Waals surface area contributed by atoms with Gasteiger partial charge in [0.25, 0.3) is 5.91 Å². The lowest BCUT2D eigenvalue weighted by Crippen LogP contribution is -2.49. The SMILES string of the molecule is CC(=O)N1[C@@H](c2ccco2)SC[C@H]1C(=O)OCC(=O)N[C@@](C)(C#N)C1CC1. The van der Waals surface area contributed by atoms with Crippen LogP contribution in [0.2, 0.25) is 0 Å². The Labute approximate surface area is 161 Å². The summed E-state index contributed by atoms with van der Waals surface area (Å²) >= 11 is 1.40. The fourth-order valence-electron chi connectivity index (χ4n) is 3.16. The zero-order chi connectivity index (χ0) is 19.6. The summed E-state index contributed by atoms with van der Waals surface area (Å²) in [6.45, 7) is 2.56. The largest absolute Gasteiger partial charge is 0.466 e. The van der Waals surface area contributed by atoms with E-state index in [0.717, 1.165) is 12.8 Å². The van der Waals surface area contributed by atoms with Crippen molar-refractivity contribution in [3.05, 3.63) is 24.2 Å². The molecular weight excluding hydrogens is 370 g/mol. The van der Waals surface area contributed by atoms with Gasteiger partial charge in [-0.15, -0.1) is 11.8 Å². The number of nitrogens with one attached hydrogen (secondary N) is 1. The monoisotopic (exact) mass is 391 g/mol. The summed E-state index contributed by atoms with van der Waals surface area (Å²) in [4.78, 5) is 38.0. The Hall–Kier alpha value is -2.47. The molecule has 1 saturated carbocycles. The van der Waals surface area contributed by atoms with E-state index in [4.69, 9.17) is 9.15 Å². The first-order chi connectivity index (χ1) is 12.9. The van der Waals surface area contributed by atoms with Gasteiger partial charge in [0.2, 0.25) is 5.91 Å². The van der Waals surface area contributed by atoms with E-state index in [1.54, 1.807) is 19.1 Å². The number of hydrogen-bond donors (Lipinski definition) is 1. The summed E-state index contributed by atoms with van der Waals surface area (Å²) in [5, 5.41) is 11.5. The molecule has 0 aromatic carbocycles. The van der Waals surface area contributed by atoms with Crippen molar-refractivity contribution in [1.82, 2.24) is 10.2 Å². The lowest BCUT2D eigenvalue weighted by Gasteiger charge is -2.26. The van der Waals surface area contributed by atoms with Crippen molar-refractivity contribution in [3.8, 4) is 6.07 Å². The van der Waals surface area contributed by atoms with Crippen LogP contribution in [0.3, 0.4) is 0 Å². The molecule has 1 N–H and O–H groups in total. The number of ether oxygens (including phenoxy) is 1. The minimum atomic E-state index is -0.942. The average molecular weight is 391 g/mol. The van der Waals surface area contributed by atoms with Crippen LogP contribution in [0, 0.1) is 17.2 Å². The van der Waals surface area contributed by atoms with Crippen LogP contribution in [0.15, 0.2) is 22.8 Å². The van der Waals surface area contributed by atoms with Crippen molar-refractivity contribution in [2.24, 2.45) is 5.92 Å². The molecule has 9 heteroatoms. The molecule has 1 saturated heterocycles. The highest BCUT2D eigenvalue weighted by Crippen LogP contribution is 2.42. The second kappa shape index (κ2) is 7.64. The lowest BCUT2D eigenvalue weighted by atomic mass is 9.98. The van der Waals surface area contributed by atoms with Crippen molar-refractivity contribution in [1.29, 1.82) is 5.26 Å². The molecule has 3 atom stereocenters. The quantitative estimate of drug-likeness (QED) is 0.733. The first-order valence-corrected chi connectivity index (χ1v) is 9.73. The number of rotatable bonds is 6. The Kier molecular flexibility index (Phi) is 5.46. The summed E-state index contributed by atoms with van der Waals surface area (Å²) < 4.78 is 10.5. The molecule has 1 aliphatic heterocycles. The summed E-state index contributed by atoms with van der Waals surface area (Å²) in [5.74, 6) is -0.385. The van der Waals surface area contributed by atoms with E-state index < -0.39 is 35.4 Å². The zero-order valence-electron chi connectivity index (χ0n) is 15.1. The van der Waals surface area contributed by atoms with E-state index in [2.05, 4.69) is 11.4 Å². The van der Waals surface area contributed by atoms with Crippen LogP contribution in [0.1, 0.15) is 37.8 Å². The molecule has 3 rings (SSSR count). The number of thioether (sulfide) groups is 1. The van der Waals surface area contributed by atoms with Crippen molar-refractivity contribution in [3.63, 3.8) is 0 Å². The molecule has 1 aliphatic carbocycles. The van der Waals surface area contributed by atoms with Gasteiger partial charge in [0.15, 0.2) is 6.61 Å². The number of esters is 1. The van der Waals surface area contributed by atoms with Crippen LogP contribution in [0.4, 0.5) is 0 Å². The van der Waals surface area contributed by atoms with Crippen LogP contribution in [-0.2, 0) is 19.1 Å². The molecule has 144 valence electrons. The molecule has 0 unspecified atom stereocenters. The normalized spacial score (nSPS) is 24.0. The van der Waals surface area contributed by atoms with Gasteiger partial charge >= 0.3 is 5.97 Å². The first-order valence-electron chi connectivity index (χ1n) is 8.68. The smallest absolute Gasteiger partial charge is 0.330 e. The van der Waals surface area contributed by atoms with Gasteiger partial charge < -0.3 is 19.4 Å². The van der Waals surface area contributed by atoms with Crippen LogP contribution in [0.25, 0.3) is 0 Å². The van der Waals surface area contributed by atoms with Gasteiger partial charge in [-0.3, -0.25) is 9.59 Å².